The molecule has 0 amide bonds. The molecule has 2 aromatic rings. The number of nitrogens with one attached hydrogen (secondary N) is 1. The van der Waals surface area contributed by atoms with E-state index in [0.29, 0.717) is 0 Å². The van der Waals surface area contributed by atoms with Gasteiger partial charge in [0.25, 0.3) is 5.69 Å². The van der Waals surface area contributed by atoms with Gasteiger partial charge in [0.2, 0.25) is 0 Å². The molecule has 204 valence electrons. The minimum atomic E-state index is -0.397. The molecular formula is C31H47N3O2S. The van der Waals surface area contributed by atoms with Crippen LogP contribution < -0.4 is 5.43 Å². The second kappa shape index (κ2) is 20.7. The first-order valence-corrected chi connectivity index (χ1v) is 15.4. The van der Waals surface area contributed by atoms with Crippen molar-refractivity contribution in [3.8, 4) is 0 Å². The molecule has 0 aromatic heterocycles. The summed E-state index contributed by atoms with van der Waals surface area (Å²) in [5.41, 5.74) is 5.01. The van der Waals surface area contributed by atoms with E-state index in [9.17, 15) is 10.1 Å². The van der Waals surface area contributed by atoms with E-state index in [0.717, 1.165) is 17.0 Å². The van der Waals surface area contributed by atoms with Crippen LogP contribution in [-0.4, -0.2) is 16.9 Å². The first-order chi connectivity index (χ1) is 18.2. The molecule has 37 heavy (non-hydrogen) atoms. The molecule has 0 radical (unpaired) electrons. The summed E-state index contributed by atoms with van der Waals surface area (Å²) in [6.07, 6.45) is 24.0. The van der Waals surface area contributed by atoms with Crippen molar-refractivity contribution >= 4 is 29.4 Å². The molecule has 5 nitrogen and oxygen atoms in total. The quantitative estimate of drug-likeness (QED) is 0.0546. The van der Waals surface area contributed by atoms with Gasteiger partial charge in [0.15, 0.2) is 0 Å². The van der Waals surface area contributed by atoms with Crippen LogP contribution in [0, 0.1) is 10.1 Å². The lowest BCUT2D eigenvalue weighted by Crippen LogP contribution is -1.94. The van der Waals surface area contributed by atoms with E-state index in [-0.39, 0.29) is 5.69 Å². The predicted octanol–water partition coefficient (Wildman–Crippen LogP) is 10.4. The number of nitrogens with zero attached hydrogens (tertiary/aromatic N) is 2. The number of nitro groups is 1. The Morgan fingerprint density at radius 3 is 1.81 bits per heavy atom. The van der Waals surface area contributed by atoms with Gasteiger partial charge in [0.1, 0.15) is 0 Å². The van der Waals surface area contributed by atoms with Crippen molar-refractivity contribution in [2.24, 2.45) is 5.10 Å². The zero-order valence-corrected chi connectivity index (χ0v) is 23.7. The number of hydrogen-bond acceptors (Lipinski definition) is 5. The van der Waals surface area contributed by atoms with Crippen molar-refractivity contribution in [3.05, 3.63) is 64.2 Å². The molecule has 0 fully saturated rings. The van der Waals surface area contributed by atoms with Crippen molar-refractivity contribution in [3.63, 3.8) is 0 Å². The highest BCUT2D eigenvalue weighted by Crippen LogP contribution is 2.28. The maximum absolute atomic E-state index is 10.8. The molecule has 2 aromatic carbocycles. The highest BCUT2D eigenvalue weighted by atomic mass is 32.2. The first-order valence-electron chi connectivity index (χ1n) is 14.5. The maximum Gasteiger partial charge on any atom is 0.269 e. The molecule has 0 bridgehead atoms. The van der Waals surface area contributed by atoms with Crippen molar-refractivity contribution in [1.29, 1.82) is 0 Å². The van der Waals surface area contributed by atoms with Crippen LogP contribution in [0.3, 0.4) is 0 Å². The van der Waals surface area contributed by atoms with Crippen molar-refractivity contribution in [1.82, 2.24) is 0 Å². The number of anilines is 1. The van der Waals surface area contributed by atoms with Crippen molar-refractivity contribution < 1.29 is 4.92 Å². The smallest absolute Gasteiger partial charge is 0.269 e. The average molecular weight is 526 g/mol. The Bertz CT molecular complexity index is 886. The maximum atomic E-state index is 10.8. The van der Waals surface area contributed by atoms with E-state index in [1.54, 1.807) is 18.3 Å². The lowest BCUT2D eigenvalue weighted by Gasteiger charge is -2.08. The van der Waals surface area contributed by atoms with Crippen LogP contribution in [0.5, 0.6) is 0 Å². The standard InChI is InChI=1S/C31H47N3O2S/c1-2-3-4-5-6-7-8-9-10-11-12-13-14-15-16-19-26-37-31-21-18-17-20-30(31)33-32-27-28-22-24-29(25-23-28)34(35)36/h17-18,20-25,27,33H,2-16,19,26H2,1H3. The first kappa shape index (κ1) is 30.9. The summed E-state index contributed by atoms with van der Waals surface area (Å²) in [5, 5.41) is 15.1. The number of benzene rings is 2. The topological polar surface area (TPSA) is 67.5 Å². The third kappa shape index (κ3) is 14.9. The number of thioether (sulfide) groups is 1. The summed E-state index contributed by atoms with van der Waals surface area (Å²) in [6.45, 7) is 2.28. The normalized spacial score (nSPS) is 11.3. The molecule has 0 heterocycles. The second-order valence-electron chi connectivity index (χ2n) is 9.87. The minimum Gasteiger partial charge on any atom is -0.277 e. The van der Waals surface area contributed by atoms with Gasteiger partial charge in [-0.3, -0.25) is 15.5 Å². The van der Waals surface area contributed by atoms with Crippen molar-refractivity contribution in [2.45, 2.75) is 115 Å². The highest BCUT2D eigenvalue weighted by molar-refractivity contribution is 7.99. The molecule has 0 aliphatic carbocycles. The second-order valence-corrected chi connectivity index (χ2v) is 11.0. The van der Waals surface area contributed by atoms with E-state index in [1.807, 2.05) is 23.9 Å². The summed E-state index contributed by atoms with van der Waals surface area (Å²) in [4.78, 5) is 11.6. The Balaban J connectivity index is 1.48. The summed E-state index contributed by atoms with van der Waals surface area (Å²) in [5.74, 6) is 1.11. The van der Waals surface area contributed by atoms with Gasteiger partial charge in [0, 0.05) is 17.0 Å². The SMILES string of the molecule is CCCCCCCCCCCCCCCCCCSc1ccccc1NN=Cc1ccc([N+](=O)[O-])cc1. The van der Waals surface area contributed by atoms with Crippen LogP contribution in [0.2, 0.25) is 0 Å². The molecule has 0 saturated carbocycles. The number of unbranched alkanes of at least 4 members (excludes halogenated alkanes) is 15. The Morgan fingerprint density at radius 2 is 1.27 bits per heavy atom. The molecule has 0 aliphatic rings. The Morgan fingerprint density at radius 1 is 0.757 bits per heavy atom. The molecule has 0 unspecified atom stereocenters. The zero-order valence-electron chi connectivity index (χ0n) is 22.8. The number of non-ortho nitro benzene ring substituents is 1. The number of hydrogen-bond donors (Lipinski definition) is 1. The fraction of sp³-hybridized carbons (Fsp3) is 0.581. The van der Waals surface area contributed by atoms with E-state index in [4.69, 9.17) is 0 Å². The van der Waals surface area contributed by atoms with Crippen LogP contribution >= 0.6 is 11.8 Å². The van der Waals surface area contributed by atoms with Gasteiger partial charge in [-0.05, 0) is 42.0 Å². The predicted molar refractivity (Wildman–Crippen MR) is 161 cm³/mol. The zero-order chi connectivity index (χ0) is 26.4. The third-order valence-electron chi connectivity index (χ3n) is 6.65. The fourth-order valence-corrected chi connectivity index (χ4v) is 5.39. The largest absolute Gasteiger partial charge is 0.277 e. The summed E-state index contributed by atoms with van der Waals surface area (Å²) in [7, 11) is 0. The molecule has 0 spiro atoms. The average Bonchev–Trinajstić information content (AvgIpc) is 2.91. The van der Waals surface area contributed by atoms with Gasteiger partial charge >= 0.3 is 0 Å². The summed E-state index contributed by atoms with van der Waals surface area (Å²) < 4.78 is 0. The number of hydrazone groups is 1. The molecule has 1 N–H and O–H groups in total. The van der Waals surface area contributed by atoms with Crippen LogP contribution in [-0.2, 0) is 0 Å². The Hall–Kier alpha value is -2.34. The Labute approximate surface area is 229 Å². The van der Waals surface area contributed by atoms with Crippen LogP contribution in [0.25, 0.3) is 0 Å². The number of rotatable bonds is 22. The summed E-state index contributed by atoms with van der Waals surface area (Å²) in [6, 6.07) is 14.6. The van der Waals surface area contributed by atoms with Gasteiger partial charge in [-0.2, -0.15) is 5.10 Å². The van der Waals surface area contributed by atoms with E-state index in [2.05, 4.69) is 29.6 Å². The fourth-order valence-electron chi connectivity index (χ4n) is 4.38. The molecule has 0 saturated heterocycles. The van der Waals surface area contributed by atoms with Crippen LogP contribution in [0.1, 0.15) is 115 Å². The molecule has 2 rings (SSSR count). The van der Waals surface area contributed by atoms with Gasteiger partial charge < -0.3 is 0 Å². The molecule has 0 aliphatic heterocycles. The van der Waals surface area contributed by atoms with Gasteiger partial charge in [-0.1, -0.05) is 115 Å². The molecule has 6 heteroatoms. The Kier molecular flexibility index (Phi) is 17.3. The van der Waals surface area contributed by atoms with Gasteiger partial charge in [-0.25, -0.2) is 0 Å². The van der Waals surface area contributed by atoms with Gasteiger partial charge in [0.05, 0.1) is 16.8 Å². The minimum absolute atomic E-state index is 0.0842. The molecular weight excluding hydrogens is 478 g/mol. The monoisotopic (exact) mass is 525 g/mol. The van der Waals surface area contributed by atoms with Crippen molar-refractivity contribution in [2.75, 3.05) is 11.2 Å². The van der Waals surface area contributed by atoms with Crippen LogP contribution in [0.4, 0.5) is 11.4 Å². The number of para-hydroxylation sites is 1. The van der Waals surface area contributed by atoms with E-state index < -0.39 is 4.92 Å². The van der Waals surface area contributed by atoms with Gasteiger partial charge in [-0.15, -0.1) is 11.8 Å². The third-order valence-corrected chi connectivity index (χ3v) is 7.80. The van der Waals surface area contributed by atoms with E-state index in [1.165, 1.54) is 120 Å². The van der Waals surface area contributed by atoms with E-state index >= 15 is 0 Å². The summed E-state index contributed by atoms with van der Waals surface area (Å²) >= 11 is 1.87. The number of nitro benzene ring substituents is 1. The van der Waals surface area contributed by atoms with Crippen LogP contribution in [0.15, 0.2) is 58.5 Å². The highest BCUT2D eigenvalue weighted by Gasteiger charge is 2.04. The molecule has 0 atom stereocenters. The lowest BCUT2D eigenvalue weighted by molar-refractivity contribution is -0.384. The lowest BCUT2D eigenvalue weighted by atomic mass is 10.0.